The maximum absolute atomic E-state index is 12.0. The predicted molar refractivity (Wildman–Crippen MR) is 95.2 cm³/mol. The fourth-order valence-electron chi connectivity index (χ4n) is 7.24. The van der Waals surface area contributed by atoms with Crippen molar-refractivity contribution >= 4 is 17.4 Å². The highest BCUT2D eigenvalue weighted by atomic mass is 35.5. The van der Waals surface area contributed by atoms with Crippen LogP contribution in [0.25, 0.3) is 0 Å². The predicted octanol–water partition coefficient (Wildman–Crippen LogP) is 4.38. The smallest absolute Gasteiger partial charge is 0.133 e. The van der Waals surface area contributed by atoms with Gasteiger partial charge in [0.1, 0.15) is 11.4 Å². The van der Waals surface area contributed by atoms with E-state index in [9.17, 15) is 9.90 Å². The third-order valence-electron chi connectivity index (χ3n) is 8.13. The number of halogens is 1. The maximum Gasteiger partial charge on any atom is 0.133 e. The van der Waals surface area contributed by atoms with Gasteiger partial charge in [0.2, 0.25) is 0 Å². The van der Waals surface area contributed by atoms with E-state index in [0.717, 1.165) is 49.4 Å². The Labute approximate surface area is 150 Å². The average molecular weight is 349 g/mol. The van der Waals surface area contributed by atoms with Crippen molar-refractivity contribution < 1.29 is 9.90 Å². The molecule has 0 amide bonds. The molecule has 3 heteroatoms. The third-order valence-corrected chi connectivity index (χ3v) is 8.22. The van der Waals surface area contributed by atoms with Crippen LogP contribution in [0.15, 0.2) is 0 Å². The van der Waals surface area contributed by atoms with Gasteiger partial charge in [-0.3, -0.25) is 4.79 Å². The van der Waals surface area contributed by atoms with E-state index in [0.29, 0.717) is 23.5 Å². The van der Waals surface area contributed by atoms with Gasteiger partial charge in [-0.05, 0) is 112 Å². The molecule has 0 spiro atoms. The van der Waals surface area contributed by atoms with Gasteiger partial charge in [-0.15, -0.1) is 0 Å². The lowest BCUT2D eigenvalue weighted by molar-refractivity contribution is -0.123. The average Bonchev–Trinajstić information content (AvgIpc) is 2.98. The highest BCUT2D eigenvalue weighted by molar-refractivity contribution is 6.30. The molecular formula is C21H29ClO2. The zero-order valence-electron chi connectivity index (χ0n) is 14.6. The number of carbonyl (C=O) groups excluding carboxylic acids is 1. The first kappa shape index (κ1) is 16.9. The number of ketones is 1. The second-order valence-electron chi connectivity index (χ2n) is 9.02. The van der Waals surface area contributed by atoms with Gasteiger partial charge < -0.3 is 5.11 Å². The van der Waals surface area contributed by atoms with Crippen LogP contribution in [-0.2, 0) is 4.79 Å². The Morgan fingerprint density at radius 3 is 2.33 bits per heavy atom. The summed E-state index contributed by atoms with van der Waals surface area (Å²) in [6, 6.07) is 0. The number of hydrogen-bond donors (Lipinski definition) is 1. The van der Waals surface area contributed by atoms with Gasteiger partial charge in [-0.2, -0.15) is 0 Å². The molecule has 0 aromatic carbocycles. The van der Waals surface area contributed by atoms with E-state index in [1.165, 1.54) is 32.1 Å². The third kappa shape index (κ3) is 2.73. The van der Waals surface area contributed by atoms with Crippen LogP contribution in [-0.4, -0.2) is 16.5 Å². The fourth-order valence-corrected chi connectivity index (χ4v) is 7.42. The van der Waals surface area contributed by atoms with Crippen LogP contribution in [0, 0.1) is 52.7 Å². The minimum atomic E-state index is -0.847. The Hall–Kier alpha value is -0.520. The molecule has 132 valence electrons. The summed E-state index contributed by atoms with van der Waals surface area (Å²) >= 11 is 5.56. The lowest BCUT2D eigenvalue weighted by Crippen LogP contribution is -2.48. The topological polar surface area (TPSA) is 37.3 Å². The zero-order chi connectivity index (χ0) is 16.9. The number of hydrogen-bond acceptors (Lipinski definition) is 2. The highest BCUT2D eigenvalue weighted by Gasteiger charge is 2.53. The molecule has 4 aliphatic rings. The summed E-state index contributed by atoms with van der Waals surface area (Å²) in [7, 11) is 0. The first-order chi connectivity index (χ1) is 11.5. The van der Waals surface area contributed by atoms with Gasteiger partial charge in [0.05, 0.1) is 0 Å². The van der Waals surface area contributed by atoms with Crippen molar-refractivity contribution in [1.82, 2.24) is 0 Å². The molecule has 0 saturated heterocycles. The van der Waals surface area contributed by atoms with E-state index in [4.69, 9.17) is 11.6 Å². The van der Waals surface area contributed by atoms with E-state index in [1.54, 1.807) is 6.92 Å². The van der Waals surface area contributed by atoms with Crippen molar-refractivity contribution in [3.05, 3.63) is 0 Å². The Morgan fingerprint density at radius 1 is 0.958 bits per heavy atom. The number of Topliss-reactive ketones (excluding diaryl/α,β-unsaturated/α-hetero) is 1. The van der Waals surface area contributed by atoms with E-state index in [-0.39, 0.29) is 0 Å². The standard InChI is InChI=1S/C21H29ClO2/c1-13(23)15-4-5-20-17(15)6-7-18-16-8-9-21(24,10-11-22)12-14(16)2-3-19(18)20/h14-20,24H,2-9,12H2,1H3/t14-,15-,16+,17-,18-,19-,20-,21+/m1/s1. The molecule has 4 aliphatic carbocycles. The molecule has 0 heterocycles. The first-order valence-corrected chi connectivity index (χ1v) is 10.3. The molecule has 4 fully saturated rings. The molecule has 0 aromatic heterocycles. The lowest BCUT2D eigenvalue weighted by atomic mass is 9.52. The van der Waals surface area contributed by atoms with Crippen LogP contribution >= 0.6 is 11.6 Å². The number of aliphatic hydroxyl groups is 1. The molecule has 0 aromatic rings. The zero-order valence-corrected chi connectivity index (χ0v) is 15.4. The number of rotatable bonds is 1. The molecule has 4 saturated carbocycles. The fraction of sp³-hybridized carbons (Fsp3) is 0.857. The van der Waals surface area contributed by atoms with Crippen molar-refractivity contribution in [1.29, 1.82) is 0 Å². The van der Waals surface area contributed by atoms with Crippen LogP contribution in [0.1, 0.15) is 64.7 Å². The summed E-state index contributed by atoms with van der Waals surface area (Å²) < 4.78 is 0. The van der Waals surface area contributed by atoms with Gasteiger partial charge >= 0.3 is 0 Å². The van der Waals surface area contributed by atoms with Crippen LogP contribution in [0.2, 0.25) is 0 Å². The number of fused-ring (bicyclic) bond motifs is 5. The van der Waals surface area contributed by atoms with Crippen molar-refractivity contribution in [2.75, 3.05) is 0 Å². The Bertz CT molecular complexity index is 576. The van der Waals surface area contributed by atoms with Gasteiger partial charge in [-0.25, -0.2) is 0 Å². The normalized spacial score (nSPS) is 50.0. The van der Waals surface area contributed by atoms with Gasteiger partial charge in [0, 0.05) is 11.3 Å². The summed E-state index contributed by atoms with van der Waals surface area (Å²) in [5, 5.41) is 13.1. The van der Waals surface area contributed by atoms with E-state index >= 15 is 0 Å². The summed E-state index contributed by atoms with van der Waals surface area (Å²) in [6.45, 7) is 1.80. The molecule has 0 unspecified atom stereocenters. The Kier molecular flexibility index (Phi) is 4.46. The highest BCUT2D eigenvalue weighted by Crippen LogP contribution is 2.59. The van der Waals surface area contributed by atoms with Crippen molar-refractivity contribution in [3.63, 3.8) is 0 Å². The molecule has 24 heavy (non-hydrogen) atoms. The van der Waals surface area contributed by atoms with E-state index < -0.39 is 5.60 Å². The molecule has 4 rings (SSSR count). The summed E-state index contributed by atoms with van der Waals surface area (Å²) in [5.74, 6) is 8.13. The first-order valence-electron chi connectivity index (χ1n) is 9.88. The van der Waals surface area contributed by atoms with Crippen LogP contribution in [0.4, 0.5) is 0 Å². The lowest BCUT2D eigenvalue weighted by Gasteiger charge is -2.53. The quantitative estimate of drug-likeness (QED) is 0.714. The largest absolute Gasteiger partial charge is 0.378 e. The molecule has 0 bridgehead atoms. The molecular weight excluding hydrogens is 320 g/mol. The van der Waals surface area contributed by atoms with Gasteiger partial charge in [0.25, 0.3) is 0 Å². The van der Waals surface area contributed by atoms with Crippen LogP contribution in [0.3, 0.4) is 0 Å². The number of carbonyl (C=O) groups is 1. The van der Waals surface area contributed by atoms with Crippen molar-refractivity contribution in [3.8, 4) is 11.3 Å². The summed E-state index contributed by atoms with van der Waals surface area (Å²) in [6.07, 6.45) is 10.2. The second-order valence-corrected chi connectivity index (χ2v) is 9.21. The molecule has 2 nitrogen and oxygen atoms in total. The Morgan fingerprint density at radius 2 is 1.58 bits per heavy atom. The van der Waals surface area contributed by atoms with Crippen LogP contribution in [0.5, 0.6) is 0 Å². The van der Waals surface area contributed by atoms with Crippen LogP contribution < -0.4 is 0 Å². The maximum atomic E-state index is 12.0. The van der Waals surface area contributed by atoms with Crippen molar-refractivity contribution in [2.45, 2.75) is 70.3 Å². The minimum Gasteiger partial charge on any atom is -0.378 e. The molecule has 1 N–H and O–H groups in total. The van der Waals surface area contributed by atoms with Gasteiger partial charge in [-0.1, -0.05) is 5.92 Å². The Balaban J connectivity index is 1.49. The summed E-state index contributed by atoms with van der Waals surface area (Å²) in [4.78, 5) is 12.0. The summed E-state index contributed by atoms with van der Waals surface area (Å²) in [5.41, 5.74) is -0.847. The minimum absolute atomic E-state index is 0.351. The SMILES string of the molecule is CC(=O)[C@H]1CC[C@H]2[C@@H]3CC[C@@H]4C[C@@](O)(C#CCl)CC[C@@H]4[C@H]3CC[C@@H]21. The molecule has 8 atom stereocenters. The molecule has 0 radical (unpaired) electrons. The molecule has 0 aliphatic heterocycles. The van der Waals surface area contributed by atoms with Gasteiger partial charge in [0.15, 0.2) is 0 Å². The van der Waals surface area contributed by atoms with E-state index in [1.807, 2.05) is 0 Å². The second kappa shape index (κ2) is 6.33. The monoisotopic (exact) mass is 348 g/mol. The van der Waals surface area contributed by atoms with Crippen molar-refractivity contribution in [2.24, 2.45) is 41.4 Å². The van der Waals surface area contributed by atoms with E-state index in [2.05, 4.69) is 11.3 Å².